The van der Waals surface area contributed by atoms with Crippen LogP contribution in [-0.2, 0) is 16.0 Å². The van der Waals surface area contributed by atoms with Crippen LogP contribution in [0.4, 0.5) is 10.5 Å². The zero-order chi connectivity index (χ0) is 15.5. The van der Waals surface area contributed by atoms with E-state index in [1.54, 1.807) is 4.90 Å². The summed E-state index contributed by atoms with van der Waals surface area (Å²) < 4.78 is 5.05. The van der Waals surface area contributed by atoms with Gasteiger partial charge in [-0.15, -0.1) is 0 Å². The highest BCUT2D eigenvalue weighted by Crippen LogP contribution is 2.32. The molecule has 0 aliphatic carbocycles. The first kappa shape index (κ1) is 14.9. The van der Waals surface area contributed by atoms with Crippen molar-refractivity contribution in [3.05, 3.63) is 29.8 Å². The Bertz CT molecular complexity index is 565. The minimum Gasteiger partial charge on any atom is -0.450 e. The summed E-state index contributed by atoms with van der Waals surface area (Å²) in [6.45, 7) is 3.51. The fraction of sp³-hybridized carbons (Fsp3) is 0.529. The van der Waals surface area contributed by atoms with E-state index in [0.717, 1.165) is 24.9 Å². The summed E-state index contributed by atoms with van der Waals surface area (Å²) in [6.07, 6.45) is 2.77. The van der Waals surface area contributed by atoms with Gasteiger partial charge in [-0.1, -0.05) is 18.2 Å². The third-order valence-electron chi connectivity index (χ3n) is 4.48. The maximum absolute atomic E-state index is 12.4. The molecule has 118 valence electrons. The molecule has 2 heterocycles. The van der Waals surface area contributed by atoms with Crippen LogP contribution in [0.1, 0.15) is 31.7 Å². The molecule has 22 heavy (non-hydrogen) atoms. The standard InChI is InChI=1S/C17H22N2O3/c1-2-22-17(21)18-11-9-14(10-12-18)19-15-6-4-3-5-13(15)7-8-16(19)20/h3-6,14H,2,7-12H2,1H3. The summed E-state index contributed by atoms with van der Waals surface area (Å²) in [4.78, 5) is 27.9. The second-order valence-electron chi connectivity index (χ2n) is 5.81. The lowest BCUT2D eigenvalue weighted by atomic mass is 9.95. The molecule has 0 radical (unpaired) electrons. The molecule has 1 aromatic rings. The van der Waals surface area contributed by atoms with Crippen LogP contribution in [0, 0.1) is 0 Å². The van der Waals surface area contributed by atoms with Gasteiger partial charge in [-0.2, -0.15) is 0 Å². The fourth-order valence-electron chi connectivity index (χ4n) is 3.38. The van der Waals surface area contributed by atoms with Crippen molar-refractivity contribution in [1.82, 2.24) is 4.90 Å². The summed E-state index contributed by atoms with van der Waals surface area (Å²) in [5.74, 6) is 0.202. The van der Waals surface area contributed by atoms with Gasteiger partial charge in [-0.25, -0.2) is 4.79 Å². The molecule has 0 atom stereocenters. The lowest BCUT2D eigenvalue weighted by Gasteiger charge is -2.40. The molecule has 0 saturated carbocycles. The van der Waals surface area contributed by atoms with Gasteiger partial charge < -0.3 is 14.5 Å². The molecule has 0 N–H and O–H groups in total. The molecule has 3 rings (SSSR count). The lowest BCUT2D eigenvalue weighted by molar-refractivity contribution is -0.119. The van der Waals surface area contributed by atoms with Crippen molar-refractivity contribution in [2.45, 2.75) is 38.6 Å². The number of piperidine rings is 1. The van der Waals surface area contributed by atoms with E-state index in [9.17, 15) is 9.59 Å². The number of carbonyl (C=O) groups is 2. The van der Waals surface area contributed by atoms with Gasteiger partial charge in [0.25, 0.3) is 0 Å². The monoisotopic (exact) mass is 302 g/mol. The lowest BCUT2D eigenvalue weighted by Crippen LogP contribution is -2.50. The maximum atomic E-state index is 12.4. The topological polar surface area (TPSA) is 49.9 Å². The number of likely N-dealkylation sites (tertiary alicyclic amines) is 1. The number of rotatable bonds is 2. The Morgan fingerprint density at radius 3 is 2.68 bits per heavy atom. The first-order chi connectivity index (χ1) is 10.7. The molecule has 5 nitrogen and oxygen atoms in total. The van der Waals surface area contributed by atoms with Gasteiger partial charge in [0.15, 0.2) is 0 Å². The Labute approximate surface area is 130 Å². The highest BCUT2D eigenvalue weighted by Gasteiger charge is 2.33. The second kappa shape index (κ2) is 6.38. The fourth-order valence-corrected chi connectivity index (χ4v) is 3.38. The molecule has 0 unspecified atom stereocenters. The van der Waals surface area contributed by atoms with Crippen molar-refractivity contribution < 1.29 is 14.3 Å². The number of fused-ring (bicyclic) bond motifs is 1. The minimum atomic E-state index is -0.244. The van der Waals surface area contributed by atoms with Crippen LogP contribution in [0.3, 0.4) is 0 Å². The quantitative estimate of drug-likeness (QED) is 0.843. The number of benzene rings is 1. The van der Waals surface area contributed by atoms with Crippen LogP contribution in [0.2, 0.25) is 0 Å². The van der Waals surface area contributed by atoms with Crippen molar-refractivity contribution >= 4 is 17.7 Å². The molecule has 2 aliphatic rings. The van der Waals surface area contributed by atoms with Gasteiger partial charge >= 0.3 is 6.09 Å². The predicted octanol–water partition coefficient (Wildman–Crippen LogP) is 2.59. The highest BCUT2D eigenvalue weighted by molar-refractivity contribution is 5.97. The molecule has 5 heteroatoms. The maximum Gasteiger partial charge on any atom is 0.409 e. The Kier molecular flexibility index (Phi) is 4.32. The average Bonchev–Trinajstić information content (AvgIpc) is 2.55. The van der Waals surface area contributed by atoms with Crippen molar-refractivity contribution in [2.75, 3.05) is 24.6 Å². The van der Waals surface area contributed by atoms with Crippen molar-refractivity contribution in [2.24, 2.45) is 0 Å². The molecule has 1 saturated heterocycles. The number of aryl methyl sites for hydroxylation is 1. The van der Waals surface area contributed by atoms with E-state index in [0.29, 0.717) is 26.1 Å². The summed E-state index contributed by atoms with van der Waals surface area (Å²) in [7, 11) is 0. The normalized spacial score (nSPS) is 19.0. The summed E-state index contributed by atoms with van der Waals surface area (Å²) in [5, 5.41) is 0. The molecule has 1 aromatic carbocycles. The van der Waals surface area contributed by atoms with E-state index in [1.165, 1.54) is 5.56 Å². The number of nitrogens with zero attached hydrogens (tertiary/aromatic N) is 2. The Hall–Kier alpha value is -2.04. The number of amides is 2. The number of hydrogen-bond donors (Lipinski definition) is 0. The van der Waals surface area contributed by atoms with E-state index in [-0.39, 0.29) is 18.0 Å². The van der Waals surface area contributed by atoms with E-state index < -0.39 is 0 Å². The Morgan fingerprint density at radius 2 is 1.95 bits per heavy atom. The van der Waals surface area contributed by atoms with Gasteiger partial charge in [-0.05, 0) is 37.8 Å². The first-order valence-electron chi connectivity index (χ1n) is 8.02. The highest BCUT2D eigenvalue weighted by atomic mass is 16.6. The Morgan fingerprint density at radius 1 is 1.23 bits per heavy atom. The first-order valence-corrected chi connectivity index (χ1v) is 8.02. The molecule has 2 amide bonds. The number of para-hydroxylation sites is 1. The van der Waals surface area contributed by atoms with Crippen molar-refractivity contribution in [3.63, 3.8) is 0 Å². The van der Waals surface area contributed by atoms with E-state index in [2.05, 4.69) is 6.07 Å². The van der Waals surface area contributed by atoms with Gasteiger partial charge in [0.1, 0.15) is 0 Å². The average molecular weight is 302 g/mol. The molecule has 2 aliphatic heterocycles. The number of ether oxygens (including phenoxy) is 1. The molecule has 0 aromatic heterocycles. The summed E-state index contributed by atoms with van der Waals surface area (Å²) in [5.41, 5.74) is 2.29. The van der Waals surface area contributed by atoms with Crippen LogP contribution in [-0.4, -0.2) is 42.6 Å². The zero-order valence-electron chi connectivity index (χ0n) is 13.0. The number of hydrogen-bond acceptors (Lipinski definition) is 3. The van der Waals surface area contributed by atoms with Crippen LogP contribution >= 0.6 is 0 Å². The molecular weight excluding hydrogens is 280 g/mol. The minimum absolute atomic E-state index is 0.180. The van der Waals surface area contributed by atoms with Gasteiger partial charge in [0, 0.05) is 31.2 Å². The largest absolute Gasteiger partial charge is 0.450 e. The third kappa shape index (κ3) is 2.80. The van der Waals surface area contributed by atoms with Crippen LogP contribution in [0.25, 0.3) is 0 Å². The smallest absolute Gasteiger partial charge is 0.409 e. The van der Waals surface area contributed by atoms with E-state index in [4.69, 9.17) is 4.74 Å². The van der Waals surface area contributed by atoms with Crippen LogP contribution < -0.4 is 4.90 Å². The SMILES string of the molecule is CCOC(=O)N1CCC(N2C(=O)CCc3ccccc32)CC1. The van der Waals surface area contributed by atoms with Gasteiger partial charge in [0.05, 0.1) is 6.61 Å². The van der Waals surface area contributed by atoms with Gasteiger partial charge in [-0.3, -0.25) is 4.79 Å². The van der Waals surface area contributed by atoms with Crippen LogP contribution in [0.15, 0.2) is 24.3 Å². The summed E-state index contributed by atoms with van der Waals surface area (Å²) >= 11 is 0. The van der Waals surface area contributed by atoms with Gasteiger partial charge in [0.2, 0.25) is 5.91 Å². The van der Waals surface area contributed by atoms with Crippen LogP contribution in [0.5, 0.6) is 0 Å². The molecule has 0 spiro atoms. The summed E-state index contributed by atoms with van der Waals surface area (Å²) in [6, 6.07) is 8.32. The van der Waals surface area contributed by atoms with Crippen molar-refractivity contribution in [1.29, 1.82) is 0 Å². The molecule has 0 bridgehead atoms. The van der Waals surface area contributed by atoms with Crippen molar-refractivity contribution in [3.8, 4) is 0 Å². The predicted molar refractivity (Wildman–Crippen MR) is 83.9 cm³/mol. The molecule has 1 fully saturated rings. The molecular formula is C17H22N2O3. The van der Waals surface area contributed by atoms with E-state index in [1.807, 2.05) is 30.0 Å². The third-order valence-corrected chi connectivity index (χ3v) is 4.48. The second-order valence-corrected chi connectivity index (χ2v) is 5.81. The number of anilines is 1. The zero-order valence-corrected chi connectivity index (χ0v) is 13.0. The number of carbonyl (C=O) groups excluding carboxylic acids is 2. The van der Waals surface area contributed by atoms with E-state index >= 15 is 0 Å². The Balaban J connectivity index is 1.71.